The van der Waals surface area contributed by atoms with E-state index in [2.05, 4.69) is 0 Å². The Morgan fingerprint density at radius 3 is 2.76 bits per heavy atom. The summed E-state index contributed by atoms with van der Waals surface area (Å²) in [5.41, 5.74) is 4.72. The van der Waals surface area contributed by atoms with Gasteiger partial charge in [0.15, 0.2) is 0 Å². The van der Waals surface area contributed by atoms with E-state index in [1.54, 1.807) is 18.2 Å². The smallest absolute Gasteiger partial charge is 0.407 e. The van der Waals surface area contributed by atoms with Crippen molar-refractivity contribution in [3.8, 4) is 0 Å². The third-order valence-corrected chi connectivity index (χ3v) is 4.21. The molecule has 0 bridgehead atoms. The van der Waals surface area contributed by atoms with Gasteiger partial charge >= 0.3 is 6.09 Å². The molecule has 0 spiro atoms. The average Bonchev–Trinajstić information content (AvgIpc) is 2.62. The first kappa shape index (κ1) is 16.3. The molecule has 1 aromatic carbocycles. The number of rotatable bonds is 2. The van der Waals surface area contributed by atoms with Crippen LogP contribution in [0, 0.1) is 0 Å². The van der Waals surface area contributed by atoms with Crippen molar-refractivity contribution in [2.75, 3.05) is 26.2 Å². The van der Waals surface area contributed by atoms with Gasteiger partial charge in [-0.2, -0.15) is 0 Å². The molecule has 2 rings (SSSR count). The molecule has 21 heavy (non-hydrogen) atoms. The molecular weight excluding hydrogens is 319 g/mol. The first-order valence-corrected chi connectivity index (χ1v) is 7.10. The van der Waals surface area contributed by atoms with Crippen LogP contribution in [0.1, 0.15) is 11.7 Å². The highest BCUT2D eigenvalue weighted by molar-refractivity contribution is 6.42. The van der Waals surface area contributed by atoms with E-state index in [1.807, 2.05) is 0 Å². The summed E-state index contributed by atoms with van der Waals surface area (Å²) in [5, 5.41) is 20.5. The highest BCUT2D eigenvalue weighted by Gasteiger charge is 2.42. The number of carbonyl (C=O) groups is 1. The van der Waals surface area contributed by atoms with E-state index in [0.29, 0.717) is 15.6 Å². The van der Waals surface area contributed by atoms with Crippen molar-refractivity contribution in [3.63, 3.8) is 0 Å². The second-order valence-electron chi connectivity index (χ2n) is 4.94. The summed E-state index contributed by atoms with van der Waals surface area (Å²) in [6, 6.07) is 4.86. The molecule has 1 amide bonds. The van der Waals surface area contributed by atoms with Gasteiger partial charge in [0.25, 0.3) is 0 Å². The molecule has 0 unspecified atom stereocenters. The van der Waals surface area contributed by atoms with Gasteiger partial charge in [0, 0.05) is 13.1 Å². The van der Waals surface area contributed by atoms with Crippen molar-refractivity contribution < 1.29 is 19.7 Å². The van der Waals surface area contributed by atoms with Crippen LogP contribution >= 0.6 is 23.2 Å². The zero-order valence-electron chi connectivity index (χ0n) is 11.1. The van der Waals surface area contributed by atoms with Crippen LogP contribution < -0.4 is 5.73 Å². The molecule has 0 aromatic heterocycles. The number of nitrogens with zero attached hydrogens (tertiary/aromatic N) is 1. The molecule has 2 atom stereocenters. The number of nitrogens with two attached hydrogens (primary N) is 1. The summed E-state index contributed by atoms with van der Waals surface area (Å²) >= 11 is 11.9. The Morgan fingerprint density at radius 1 is 1.48 bits per heavy atom. The quantitative estimate of drug-likeness (QED) is 0.765. The Morgan fingerprint density at radius 2 is 2.19 bits per heavy atom. The molecule has 1 aliphatic heterocycles. The lowest BCUT2D eigenvalue weighted by atomic mass is 9.90. The fraction of sp³-hybridized carbons (Fsp3) is 0.462. The lowest BCUT2D eigenvalue weighted by molar-refractivity contribution is -0.0929. The predicted molar refractivity (Wildman–Crippen MR) is 78.8 cm³/mol. The van der Waals surface area contributed by atoms with Crippen molar-refractivity contribution in [1.29, 1.82) is 0 Å². The van der Waals surface area contributed by atoms with Gasteiger partial charge < -0.3 is 25.6 Å². The summed E-state index contributed by atoms with van der Waals surface area (Å²) in [7, 11) is 0. The maximum atomic E-state index is 11.1. The topological polar surface area (TPSA) is 96.0 Å². The lowest BCUT2D eigenvalue weighted by Gasteiger charge is -2.34. The molecule has 1 aliphatic rings. The summed E-state index contributed by atoms with van der Waals surface area (Å²) in [4.78, 5) is 12.2. The van der Waals surface area contributed by atoms with Gasteiger partial charge in [0.1, 0.15) is 11.7 Å². The normalized spacial score (nSPS) is 26.5. The lowest BCUT2D eigenvalue weighted by Crippen LogP contribution is -2.52. The minimum Gasteiger partial charge on any atom is -0.465 e. The Labute approximate surface area is 132 Å². The van der Waals surface area contributed by atoms with Crippen LogP contribution in [0.2, 0.25) is 10.0 Å². The minimum atomic E-state index is -1.54. The molecule has 1 fully saturated rings. The van der Waals surface area contributed by atoms with Gasteiger partial charge in [-0.3, -0.25) is 0 Å². The average molecular weight is 335 g/mol. The molecule has 116 valence electrons. The van der Waals surface area contributed by atoms with Crippen LogP contribution in [0.25, 0.3) is 0 Å². The van der Waals surface area contributed by atoms with Crippen molar-refractivity contribution >= 4 is 29.3 Å². The molecule has 0 aliphatic carbocycles. The predicted octanol–water partition coefficient (Wildman–Crippen LogP) is 1.73. The largest absolute Gasteiger partial charge is 0.465 e. The van der Waals surface area contributed by atoms with Gasteiger partial charge in [-0.1, -0.05) is 29.3 Å². The Bertz CT molecular complexity index is 543. The molecule has 0 radical (unpaired) electrons. The maximum Gasteiger partial charge on any atom is 0.407 e. The highest BCUT2D eigenvalue weighted by Crippen LogP contribution is 2.35. The van der Waals surface area contributed by atoms with Crippen molar-refractivity contribution in [2.24, 2.45) is 5.73 Å². The first-order chi connectivity index (χ1) is 9.87. The third-order valence-electron chi connectivity index (χ3n) is 3.47. The zero-order chi connectivity index (χ0) is 15.6. The Balaban J connectivity index is 2.36. The summed E-state index contributed by atoms with van der Waals surface area (Å²) in [5.74, 6) is 0. The van der Waals surface area contributed by atoms with Crippen LogP contribution in [0.5, 0.6) is 0 Å². The number of halogens is 2. The van der Waals surface area contributed by atoms with Gasteiger partial charge in [-0.25, -0.2) is 4.79 Å². The summed E-state index contributed by atoms with van der Waals surface area (Å²) in [6.45, 7) is 0.0282. The number of hydrogen-bond donors (Lipinski definition) is 3. The molecular formula is C13H16Cl2N2O4. The molecule has 8 heteroatoms. The van der Waals surface area contributed by atoms with Crippen molar-refractivity contribution in [1.82, 2.24) is 4.90 Å². The standard InChI is InChI=1S/C13H16Cl2N2O4/c14-9-2-1-8(5-10(9)15)11-13(20,6-16)7-17(12(18)19)3-4-21-11/h1-2,5,11,20H,3-4,6-7,16H2,(H,18,19)/t11-,13-/m1/s1. The maximum absolute atomic E-state index is 11.1. The Hall–Kier alpha value is -1.05. The van der Waals surface area contributed by atoms with Crippen molar-refractivity contribution in [2.45, 2.75) is 11.7 Å². The Kier molecular flexibility index (Phi) is 4.95. The van der Waals surface area contributed by atoms with Crippen LogP contribution in [-0.2, 0) is 4.74 Å². The van der Waals surface area contributed by atoms with Gasteiger partial charge in [-0.15, -0.1) is 0 Å². The second-order valence-corrected chi connectivity index (χ2v) is 5.75. The van der Waals surface area contributed by atoms with E-state index in [9.17, 15) is 9.90 Å². The number of ether oxygens (including phenoxy) is 1. The molecule has 4 N–H and O–H groups in total. The number of amides is 1. The van der Waals surface area contributed by atoms with E-state index >= 15 is 0 Å². The molecule has 1 aromatic rings. The monoisotopic (exact) mass is 334 g/mol. The zero-order valence-corrected chi connectivity index (χ0v) is 12.6. The molecule has 1 heterocycles. The third kappa shape index (κ3) is 3.41. The summed E-state index contributed by atoms with van der Waals surface area (Å²) in [6.07, 6.45) is -1.90. The van der Waals surface area contributed by atoms with Crippen LogP contribution in [0.15, 0.2) is 18.2 Å². The molecule has 1 saturated heterocycles. The minimum absolute atomic E-state index is 0.135. The number of carboxylic acid groups (broad SMARTS) is 1. The van der Waals surface area contributed by atoms with Gasteiger partial charge in [0.05, 0.1) is 23.2 Å². The fourth-order valence-corrected chi connectivity index (χ4v) is 2.65. The van der Waals surface area contributed by atoms with Crippen LogP contribution in [0.3, 0.4) is 0 Å². The highest BCUT2D eigenvalue weighted by atomic mass is 35.5. The van der Waals surface area contributed by atoms with Gasteiger partial charge in [-0.05, 0) is 17.7 Å². The fourth-order valence-electron chi connectivity index (χ4n) is 2.35. The molecule has 0 saturated carbocycles. The van der Waals surface area contributed by atoms with E-state index in [1.165, 1.54) is 0 Å². The second kappa shape index (κ2) is 6.37. The van der Waals surface area contributed by atoms with Crippen LogP contribution in [-0.4, -0.2) is 53.0 Å². The number of β-amino-alcohol motifs (C(OH)–C–C–N with tert-alkyl or cyclic N) is 1. The summed E-state index contributed by atoms with van der Waals surface area (Å²) < 4.78 is 5.63. The van der Waals surface area contributed by atoms with E-state index < -0.39 is 17.8 Å². The first-order valence-electron chi connectivity index (χ1n) is 6.34. The SMILES string of the molecule is NC[C@@]1(O)CN(C(=O)O)CCO[C@@H]1c1ccc(Cl)c(Cl)c1. The van der Waals surface area contributed by atoms with E-state index in [-0.39, 0.29) is 26.2 Å². The molecule has 6 nitrogen and oxygen atoms in total. The van der Waals surface area contributed by atoms with Crippen molar-refractivity contribution in [3.05, 3.63) is 33.8 Å². The van der Waals surface area contributed by atoms with E-state index in [4.69, 9.17) is 38.8 Å². The number of benzene rings is 1. The number of aliphatic hydroxyl groups is 1. The number of hydrogen-bond acceptors (Lipinski definition) is 4. The van der Waals surface area contributed by atoms with Crippen LogP contribution in [0.4, 0.5) is 4.79 Å². The van der Waals surface area contributed by atoms with Gasteiger partial charge in [0.2, 0.25) is 0 Å². The van der Waals surface area contributed by atoms with E-state index in [0.717, 1.165) is 4.90 Å².